The van der Waals surface area contributed by atoms with Crippen LogP contribution in [0.3, 0.4) is 0 Å². The van der Waals surface area contributed by atoms with E-state index in [-0.39, 0.29) is 0 Å². The van der Waals surface area contributed by atoms with Gasteiger partial charge in [0.05, 0.1) is 10.0 Å². The van der Waals surface area contributed by atoms with Crippen molar-refractivity contribution >= 4 is 23.2 Å². The Balaban J connectivity index is 2.07. The second kappa shape index (κ2) is 3.79. The number of rotatable bonds is 2. The molecule has 0 amide bonds. The van der Waals surface area contributed by atoms with Gasteiger partial charge in [-0.1, -0.05) is 23.2 Å². The molecule has 81 valence electrons. The number of nitrogens with zero attached hydrogens (tertiary/aromatic N) is 2. The van der Waals surface area contributed by atoms with E-state index in [1.807, 2.05) is 22.9 Å². The third-order valence-corrected chi connectivity index (χ3v) is 3.48. The molecule has 1 aromatic heterocycles. The van der Waals surface area contributed by atoms with Crippen LogP contribution >= 0.6 is 23.2 Å². The summed E-state index contributed by atoms with van der Waals surface area (Å²) in [6.07, 6.45) is 7.16. The molecule has 1 fully saturated rings. The molecule has 3 rings (SSSR count). The Morgan fingerprint density at radius 3 is 2.75 bits per heavy atom. The van der Waals surface area contributed by atoms with Gasteiger partial charge in [0.2, 0.25) is 0 Å². The van der Waals surface area contributed by atoms with Crippen molar-refractivity contribution in [2.45, 2.75) is 18.8 Å². The second-order valence-corrected chi connectivity index (χ2v) is 4.79. The van der Waals surface area contributed by atoms with E-state index in [0.29, 0.717) is 16.0 Å². The molecule has 1 aliphatic rings. The van der Waals surface area contributed by atoms with Crippen LogP contribution in [-0.4, -0.2) is 9.55 Å². The minimum Gasteiger partial charge on any atom is -0.303 e. The summed E-state index contributed by atoms with van der Waals surface area (Å²) in [5.74, 6) is 1.65. The highest BCUT2D eigenvalue weighted by molar-refractivity contribution is 6.42. The molecular weight excluding hydrogens is 243 g/mol. The number of hydrogen-bond donors (Lipinski definition) is 0. The molecule has 1 radical (unpaired) electrons. The zero-order chi connectivity index (χ0) is 11.1. The lowest BCUT2D eigenvalue weighted by molar-refractivity contribution is 0.880. The molecule has 1 saturated carbocycles. The largest absolute Gasteiger partial charge is 0.303 e. The summed E-state index contributed by atoms with van der Waals surface area (Å²) >= 11 is 11.9. The van der Waals surface area contributed by atoms with E-state index in [9.17, 15) is 0 Å². The van der Waals surface area contributed by atoms with E-state index in [1.54, 1.807) is 6.07 Å². The SMILES string of the molecule is Clc1ccc(-n2c[c]nc2C2CC2)cc1Cl. The van der Waals surface area contributed by atoms with Crippen LogP contribution in [-0.2, 0) is 0 Å². The molecule has 1 aliphatic carbocycles. The van der Waals surface area contributed by atoms with Gasteiger partial charge in [-0.05, 0) is 31.0 Å². The van der Waals surface area contributed by atoms with E-state index in [4.69, 9.17) is 23.2 Å². The predicted molar refractivity (Wildman–Crippen MR) is 64.4 cm³/mol. The van der Waals surface area contributed by atoms with E-state index in [2.05, 4.69) is 11.2 Å². The fourth-order valence-corrected chi connectivity index (χ4v) is 2.04. The van der Waals surface area contributed by atoms with Crippen molar-refractivity contribution in [2.24, 2.45) is 0 Å². The fraction of sp³-hybridized carbons (Fsp3) is 0.250. The summed E-state index contributed by atoms with van der Waals surface area (Å²) in [6.45, 7) is 0. The smallest absolute Gasteiger partial charge is 0.117 e. The first-order valence-corrected chi connectivity index (χ1v) is 5.92. The average Bonchev–Trinajstić information content (AvgIpc) is 3.01. The molecule has 0 unspecified atom stereocenters. The topological polar surface area (TPSA) is 17.8 Å². The van der Waals surface area contributed by atoms with Crippen molar-refractivity contribution < 1.29 is 0 Å². The Morgan fingerprint density at radius 1 is 1.25 bits per heavy atom. The van der Waals surface area contributed by atoms with Crippen molar-refractivity contribution in [3.8, 4) is 5.69 Å². The molecule has 0 atom stereocenters. The first-order chi connectivity index (χ1) is 7.75. The van der Waals surface area contributed by atoms with E-state index >= 15 is 0 Å². The number of hydrogen-bond acceptors (Lipinski definition) is 1. The normalized spacial score (nSPS) is 15.4. The molecule has 1 aromatic carbocycles. The third kappa shape index (κ3) is 1.72. The highest BCUT2D eigenvalue weighted by Gasteiger charge is 2.28. The molecule has 0 bridgehead atoms. The third-order valence-electron chi connectivity index (χ3n) is 2.74. The zero-order valence-electron chi connectivity index (χ0n) is 8.45. The Kier molecular flexibility index (Phi) is 2.41. The lowest BCUT2D eigenvalue weighted by Gasteiger charge is -2.07. The number of imidazole rings is 1. The minimum atomic E-state index is 0.564. The van der Waals surface area contributed by atoms with Gasteiger partial charge in [0.15, 0.2) is 0 Å². The molecule has 0 N–H and O–H groups in total. The van der Waals surface area contributed by atoms with Gasteiger partial charge in [0.25, 0.3) is 0 Å². The lowest BCUT2D eigenvalue weighted by atomic mass is 10.3. The summed E-state index contributed by atoms with van der Waals surface area (Å²) < 4.78 is 2.03. The van der Waals surface area contributed by atoms with Crippen molar-refractivity contribution in [3.63, 3.8) is 0 Å². The van der Waals surface area contributed by atoms with Crippen LogP contribution in [0.25, 0.3) is 5.69 Å². The Bertz CT molecular complexity index is 530. The number of halogens is 2. The van der Waals surface area contributed by atoms with Crippen molar-refractivity contribution in [3.05, 3.63) is 46.5 Å². The van der Waals surface area contributed by atoms with Gasteiger partial charge in [-0.2, -0.15) is 0 Å². The second-order valence-electron chi connectivity index (χ2n) is 3.97. The first-order valence-electron chi connectivity index (χ1n) is 5.16. The molecule has 2 aromatic rings. The first kappa shape index (κ1) is 10.2. The average molecular weight is 252 g/mol. The maximum atomic E-state index is 6.00. The van der Waals surface area contributed by atoms with Gasteiger partial charge >= 0.3 is 0 Å². The summed E-state index contributed by atoms with van der Waals surface area (Å²) in [6, 6.07) is 5.59. The fourth-order valence-electron chi connectivity index (χ4n) is 1.74. The van der Waals surface area contributed by atoms with E-state index in [0.717, 1.165) is 11.5 Å². The number of aromatic nitrogens is 2. The monoisotopic (exact) mass is 251 g/mol. The molecule has 1 heterocycles. The highest BCUT2D eigenvalue weighted by Crippen LogP contribution is 2.40. The Hall–Kier alpha value is -0.990. The molecule has 16 heavy (non-hydrogen) atoms. The van der Waals surface area contributed by atoms with Crippen molar-refractivity contribution in [1.82, 2.24) is 9.55 Å². The Morgan fingerprint density at radius 2 is 2.06 bits per heavy atom. The summed E-state index contributed by atoms with van der Waals surface area (Å²) in [5.41, 5.74) is 0.991. The quantitative estimate of drug-likeness (QED) is 0.793. The molecule has 0 spiro atoms. The summed E-state index contributed by atoms with van der Waals surface area (Å²) in [5, 5.41) is 1.14. The van der Waals surface area contributed by atoms with Gasteiger partial charge < -0.3 is 4.57 Å². The van der Waals surface area contributed by atoms with Crippen LogP contribution in [0.1, 0.15) is 24.6 Å². The standard InChI is InChI=1S/C12H9Cl2N2/c13-10-4-3-9(7-11(10)14)16-6-5-15-12(16)8-1-2-8/h3-4,6-8H,1-2H2. The van der Waals surface area contributed by atoms with Crippen LogP contribution in [0.5, 0.6) is 0 Å². The van der Waals surface area contributed by atoms with E-state index < -0.39 is 0 Å². The molecule has 0 saturated heterocycles. The summed E-state index contributed by atoms with van der Waals surface area (Å²) in [7, 11) is 0. The predicted octanol–water partition coefficient (Wildman–Crippen LogP) is 3.86. The van der Waals surface area contributed by atoms with Crippen LogP contribution in [0.15, 0.2) is 24.4 Å². The molecule has 4 heteroatoms. The Labute approximate surface area is 104 Å². The molecule has 2 nitrogen and oxygen atoms in total. The van der Waals surface area contributed by atoms with Gasteiger partial charge in [-0.25, -0.2) is 4.98 Å². The lowest BCUT2D eigenvalue weighted by Crippen LogP contribution is -1.98. The van der Waals surface area contributed by atoms with Crippen LogP contribution in [0, 0.1) is 6.20 Å². The van der Waals surface area contributed by atoms with Gasteiger partial charge in [0, 0.05) is 17.8 Å². The maximum Gasteiger partial charge on any atom is 0.117 e. The van der Waals surface area contributed by atoms with Gasteiger partial charge in [-0.3, -0.25) is 0 Å². The highest BCUT2D eigenvalue weighted by atomic mass is 35.5. The van der Waals surface area contributed by atoms with E-state index in [1.165, 1.54) is 12.8 Å². The maximum absolute atomic E-state index is 6.00. The molecule has 0 aliphatic heterocycles. The van der Waals surface area contributed by atoms with Gasteiger partial charge in [-0.15, -0.1) is 0 Å². The number of benzene rings is 1. The zero-order valence-corrected chi connectivity index (χ0v) is 9.96. The van der Waals surface area contributed by atoms with Gasteiger partial charge in [0.1, 0.15) is 12.0 Å². The van der Waals surface area contributed by atoms with Crippen LogP contribution in [0.2, 0.25) is 10.0 Å². The minimum absolute atomic E-state index is 0.564. The van der Waals surface area contributed by atoms with Crippen LogP contribution < -0.4 is 0 Å². The van der Waals surface area contributed by atoms with Crippen LogP contribution in [0.4, 0.5) is 0 Å². The van der Waals surface area contributed by atoms with Crippen molar-refractivity contribution in [2.75, 3.05) is 0 Å². The molecular formula is C12H9Cl2N2. The summed E-state index contributed by atoms with van der Waals surface area (Å²) in [4.78, 5) is 4.27. The van der Waals surface area contributed by atoms with Crippen molar-refractivity contribution in [1.29, 1.82) is 0 Å².